The molecule has 2 N–H and O–H groups in total. The van der Waals surface area contributed by atoms with Crippen LogP contribution in [-0.2, 0) is 10.4 Å². The van der Waals surface area contributed by atoms with E-state index in [0.29, 0.717) is 0 Å². The van der Waals surface area contributed by atoms with Crippen LogP contribution in [0.5, 0.6) is 0 Å². The second kappa shape index (κ2) is 9.35. The van der Waals surface area contributed by atoms with Crippen molar-refractivity contribution in [1.29, 1.82) is 0 Å². The molecule has 1 aliphatic heterocycles. The van der Waals surface area contributed by atoms with Gasteiger partial charge in [-0.1, -0.05) is 30.6 Å². The van der Waals surface area contributed by atoms with Crippen LogP contribution in [0.4, 0.5) is 0 Å². The van der Waals surface area contributed by atoms with E-state index >= 15 is 0 Å². The Hall–Kier alpha value is -1.17. The van der Waals surface area contributed by atoms with Crippen LogP contribution in [0.15, 0.2) is 29.2 Å². The van der Waals surface area contributed by atoms with Gasteiger partial charge >= 0.3 is 0 Å². The van der Waals surface area contributed by atoms with Crippen molar-refractivity contribution in [3.63, 3.8) is 0 Å². The normalized spacial score (nSPS) is 21.7. The number of carbonyl (C=O) groups excluding carboxylic acids is 1. The molecule has 0 spiro atoms. The molecule has 5 heteroatoms. The van der Waals surface area contributed by atoms with Crippen molar-refractivity contribution in [1.82, 2.24) is 10.2 Å². The van der Waals surface area contributed by atoms with Crippen LogP contribution in [0.25, 0.3) is 0 Å². The monoisotopic (exact) mass is 390 g/mol. The van der Waals surface area contributed by atoms with Crippen LogP contribution in [-0.4, -0.2) is 41.6 Å². The van der Waals surface area contributed by atoms with Gasteiger partial charge in [0.15, 0.2) is 5.60 Å². The van der Waals surface area contributed by atoms with E-state index in [9.17, 15) is 9.90 Å². The van der Waals surface area contributed by atoms with Gasteiger partial charge in [0, 0.05) is 36.5 Å². The Balaban J connectivity index is 1.56. The third-order valence-electron chi connectivity index (χ3n) is 6.11. The molecule has 1 saturated heterocycles. The minimum Gasteiger partial charge on any atom is -0.374 e. The van der Waals surface area contributed by atoms with E-state index in [1.54, 1.807) is 0 Å². The minimum absolute atomic E-state index is 0.0420. The smallest absolute Gasteiger partial charge is 0.257 e. The molecule has 4 nitrogen and oxygen atoms in total. The van der Waals surface area contributed by atoms with Gasteiger partial charge in [-0.2, -0.15) is 0 Å². The SMILES string of the molecule is CC(C)=CCCN1CCC(NC(=O)C(O)(c2cccs2)C2CCCC2)CC1. The number of nitrogens with zero attached hydrogens (tertiary/aromatic N) is 1. The standard InChI is InChI=1S/C22H34N2O2S/c1-17(2)7-5-13-24-14-11-19(12-15-24)23-21(25)22(26,18-8-3-4-9-18)20-10-6-16-27-20/h6-7,10,16,18-19,26H,3-5,8-9,11-15H2,1-2H3,(H,23,25). The Kier molecular flexibility index (Phi) is 7.12. The molecule has 1 aromatic rings. The fourth-order valence-corrected chi connectivity index (χ4v) is 5.37. The molecular weight excluding hydrogens is 356 g/mol. The first-order valence-corrected chi connectivity index (χ1v) is 11.3. The Labute approximate surface area is 167 Å². The lowest BCUT2D eigenvalue weighted by Gasteiger charge is -2.36. The number of allylic oxidation sites excluding steroid dienone is 1. The fourth-order valence-electron chi connectivity index (χ4n) is 4.47. The van der Waals surface area contributed by atoms with Crippen molar-refractivity contribution >= 4 is 17.2 Å². The lowest BCUT2D eigenvalue weighted by molar-refractivity contribution is -0.148. The minimum atomic E-state index is -1.36. The summed E-state index contributed by atoms with van der Waals surface area (Å²) in [7, 11) is 0. The zero-order valence-electron chi connectivity index (χ0n) is 16.7. The summed E-state index contributed by atoms with van der Waals surface area (Å²) >= 11 is 1.49. The van der Waals surface area contributed by atoms with Gasteiger partial charge in [0.05, 0.1) is 0 Å². The summed E-state index contributed by atoms with van der Waals surface area (Å²) in [6.07, 6.45) is 9.40. The summed E-state index contributed by atoms with van der Waals surface area (Å²) in [5.41, 5.74) is 0.0162. The lowest BCUT2D eigenvalue weighted by Crippen LogP contribution is -2.53. The van der Waals surface area contributed by atoms with E-state index in [1.807, 2.05) is 17.5 Å². The first-order chi connectivity index (χ1) is 13.0. The Bertz CT molecular complexity index is 625. The van der Waals surface area contributed by atoms with E-state index in [2.05, 4.69) is 30.1 Å². The second-order valence-corrected chi connectivity index (χ2v) is 9.33. The first-order valence-electron chi connectivity index (χ1n) is 10.4. The predicted octanol–water partition coefficient (Wildman–Crippen LogP) is 4.06. The predicted molar refractivity (Wildman–Crippen MR) is 112 cm³/mol. The molecule has 3 rings (SSSR count). The zero-order valence-corrected chi connectivity index (χ0v) is 17.6. The molecule has 0 aromatic carbocycles. The van der Waals surface area contributed by atoms with Crippen molar-refractivity contribution in [2.45, 2.75) is 70.4 Å². The molecule has 0 bridgehead atoms. The van der Waals surface area contributed by atoms with E-state index in [4.69, 9.17) is 0 Å². The number of aliphatic hydroxyl groups is 1. The number of nitrogens with one attached hydrogen (secondary N) is 1. The van der Waals surface area contributed by atoms with Crippen molar-refractivity contribution in [3.05, 3.63) is 34.0 Å². The largest absolute Gasteiger partial charge is 0.374 e. The molecular formula is C22H34N2O2S. The molecule has 1 unspecified atom stereocenters. The van der Waals surface area contributed by atoms with Gasteiger partial charge in [0.2, 0.25) is 0 Å². The first kappa shape index (κ1) is 20.6. The summed E-state index contributed by atoms with van der Waals surface area (Å²) < 4.78 is 0. The average molecular weight is 391 g/mol. The number of thiophene rings is 1. The Morgan fingerprint density at radius 2 is 2.00 bits per heavy atom. The topological polar surface area (TPSA) is 52.6 Å². The van der Waals surface area contributed by atoms with Gasteiger partial charge < -0.3 is 15.3 Å². The molecule has 1 aliphatic carbocycles. The van der Waals surface area contributed by atoms with Crippen LogP contribution in [0.2, 0.25) is 0 Å². The average Bonchev–Trinajstić information content (AvgIpc) is 3.36. The summed E-state index contributed by atoms with van der Waals surface area (Å²) in [5, 5.41) is 16.6. The lowest BCUT2D eigenvalue weighted by atomic mass is 9.83. The maximum atomic E-state index is 13.2. The van der Waals surface area contributed by atoms with Crippen molar-refractivity contribution < 1.29 is 9.90 Å². The van der Waals surface area contributed by atoms with Gasteiger partial charge in [-0.25, -0.2) is 0 Å². The van der Waals surface area contributed by atoms with Crippen LogP contribution in [0.1, 0.15) is 63.7 Å². The molecule has 1 aromatic heterocycles. The number of amides is 1. The summed E-state index contributed by atoms with van der Waals surface area (Å²) in [6, 6.07) is 4.01. The number of rotatable bonds is 7. The number of hydrogen-bond donors (Lipinski definition) is 2. The van der Waals surface area contributed by atoms with E-state index in [-0.39, 0.29) is 17.9 Å². The van der Waals surface area contributed by atoms with E-state index < -0.39 is 5.60 Å². The van der Waals surface area contributed by atoms with Crippen molar-refractivity contribution in [2.75, 3.05) is 19.6 Å². The van der Waals surface area contributed by atoms with Gasteiger partial charge in [0.1, 0.15) is 0 Å². The van der Waals surface area contributed by atoms with Crippen molar-refractivity contribution in [3.8, 4) is 0 Å². The third kappa shape index (κ3) is 5.01. The van der Waals surface area contributed by atoms with Crippen molar-refractivity contribution in [2.24, 2.45) is 5.92 Å². The van der Waals surface area contributed by atoms with Gasteiger partial charge in [-0.05, 0) is 57.4 Å². The maximum absolute atomic E-state index is 13.2. The third-order valence-corrected chi connectivity index (χ3v) is 7.10. The highest BCUT2D eigenvalue weighted by Crippen LogP contribution is 2.42. The number of carbonyl (C=O) groups is 1. The molecule has 2 heterocycles. The number of likely N-dealkylation sites (tertiary alicyclic amines) is 1. The zero-order chi connectivity index (χ0) is 19.3. The van der Waals surface area contributed by atoms with Gasteiger partial charge in [-0.15, -0.1) is 11.3 Å². The molecule has 1 saturated carbocycles. The highest BCUT2D eigenvalue weighted by atomic mass is 32.1. The number of hydrogen-bond acceptors (Lipinski definition) is 4. The molecule has 150 valence electrons. The van der Waals surface area contributed by atoms with Crippen LogP contribution >= 0.6 is 11.3 Å². The van der Waals surface area contributed by atoms with Crippen LogP contribution < -0.4 is 5.32 Å². The summed E-state index contributed by atoms with van der Waals surface area (Å²) in [4.78, 5) is 16.4. The summed E-state index contributed by atoms with van der Waals surface area (Å²) in [6.45, 7) is 7.40. The van der Waals surface area contributed by atoms with E-state index in [0.717, 1.165) is 69.5 Å². The number of piperidine rings is 1. The Morgan fingerprint density at radius 3 is 2.59 bits per heavy atom. The van der Waals surface area contributed by atoms with Gasteiger partial charge in [-0.3, -0.25) is 4.79 Å². The molecule has 2 aliphatic rings. The highest BCUT2D eigenvalue weighted by Gasteiger charge is 2.47. The summed E-state index contributed by atoms with van der Waals surface area (Å²) in [5.74, 6) is -0.139. The quantitative estimate of drug-likeness (QED) is 0.690. The van der Waals surface area contributed by atoms with Crippen LogP contribution in [0.3, 0.4) is 0 Å². The van der Waals surface area contributed by atoms with Crippen LogP contribution in [0, 0.1) is 5.92 Å². The molecule has 2 fully saturated rings. The maximum Gasteiger partial charge on any atom is 0.257 e. The highest BCUT2D eigenvalue weighted by molar-refractivity contribution is 7.10. The Morgan fingerprint density at radius 1 is 1.30 bits per heavy atom. The molecule has 1 amide bonds. The van der Waals surface area contributed by atoms with E-state index in [1.165, 1.54) is 16.9 Å². The molecule has 0 radical (unpaired) electrons. The molecule has 27 heavy (non-hydrogen) atoms. The fraction of sp³-hybridized carbons (Fsp3) is 0.682. The molecule has 1 atom stereocenters. The van der Waals surface area contributed by atoms with Gasteiger partial charge in [0.25, 0.3) is 5.91 Å². The second-order valence-electron chi connectivity index (χ2n) is 8.38.